The average Bonchev–Trinajstić information content (AvgIpc) is 3.46. The van der Waals surface area contributed by atoms with Gasteiger partial charge in [-0.25, -0.2) is 0 Å². The lowest BCUT2D eigenvalue weighted by Crippen LogP contribution is -2.61. The average molecular weight is 1130 g/mol. The number of nitrogens with one attached hydrogen (secondary N) is 1. The molecular formula is C69H131NO10. The number of rotatable bonds is 60. The van der Waals surface area contributed by atoms with Crippen molar-refractivity contribution >= 4 is 11.9 Å². The molecule has 0 radical (unpaired) electrons. The summed E-state index contributed by atoms with van der Waals surface area (Å²) < 4.78 is 17.7. The van der Waals surface area contributed by atoms with Gasteiger partial charge in [-0.15, -0.1) is 0 Å². The van der Waals surface area contributed by atoms with Crippen LogP contribution in [0.1, 0.15) is 342 Å². The van der Waals surface area contributed by atoms with Crippen molar-refractivity contribution in [1.29, 1.82) is 0 Å². The van der Waals surface area contributed by atoms with Gasteiger partial charge >= 0.3 is 5.97 Å². The van der Waals surface area contributed by atoms with Gasteiger partial charge in [0.1, 0.15) is 24.4 Å². The first-order valence-electron chi connectivity index (χ1n) is 34.6. The van der Waals surface area contributed by atoms with Gasteiger partial charge in [0.2, 0.25) is 5.91 Å². The maximum atomic E-state index is 13.4. The Balaban J connectivity index is 2.54. The Morgan fingerprint density at radius 2 is 0.825 bits per heavy atom. The normalized spacial score (nSPS) is 18.8. The van der Waals surface area contributed by atoms with Crippen molar-refractivity contribution in [3.8, 4) is 0 Å². The van der Waals surface area contributed by atoms with Crippen molar-refractivity contribution in [2.45, 2.75) is 391 Å². The largest absolute Gasteiger partial charge is 0.454 e. The molecule has 80 heavy (non-hydrogen) atoms. The summed E-state index contributed by atoms with van der Waals surface area (Å²) in [4.78, 5) is 26.6. The molecule has 8 unspecified atom stereocenters. The molecule has 1 aliphatic heterocycles. The number of hydrogen-bond acceptors (Lipinski definition) is 10. The fourth-order valence-corrected chi connectivity index (χ4v) is 11.1. The summed E-state index contributed by atoms with van der Waals surface area (Å²) in [6.07, 6.45) is 58.0. The number of esters is 1. The summed E-state index contributed by atoms with van der Waals surface area (Å²) in [5, 5.41) is 57.1. The molecule has 472 valence electrons. The van der Waals surface area contributed by atoms with Gasteiger partial charge in [-0.1, -0.05) is 308 Å². The Bertz CT molecular complexity index is 1400. The molecule has 0 bridgehead atoms. The van der Waals surface area contributed by atoms with Crippen LogP contribution in [-0.4, -0.2) is 99.6 Å². The van der Waals surface area contributed by atoms with Gasteiger partial charge in [-0.2, -0.15) is 0 Å². The SMILES string of the molecule is CCCCCC/C=C\CCCCCCCCC(O)C(=O)NC(COC1OC(CO)C(O)C(O)C1OC(=O)CCCCCCCCCCCCCCCCCCCCCCCCCCC)C(O)/C=C/CCCCCCCCCCCC. The summed E-state index contributed by atoms with van der Waals surface area (Å²) in [6, 6.07) is -1.02. The second-order valence-corrected chi connectivity index (χ2v) is 24.3. The number of allylic oxidation sites excluding steroid dienone is 3. The molecule has 6 N–H and O–H groups in total. The molecule has 0 aromatic carbocycles. The third-order valence-electron chi connectivity index (χ3n) is 16.6. The van der Waals surface area contributed by atoms with Crippen LogP contribution >= 0.6 is 0 Å². The Morgan fingerprint density at radius 1 is 0.475 bits per heavy atom. The molecule has 11 heteroatoms. The van der Waals surface area contributed by atoms with Crippen LogP contribution in [0.15, 0.2) is 24.3 Å². The smallest absolute Gasteiger partial charge is 0.306 e. The fourth-order valence-electron chi connectivity index (χ4n) is 11.1. The maximum absolute atomic E-state index is 13.4. The van der Waals surface area contributed by atoms with Crippen LogP contribution in [0.2, 0.25) is 0 Å². The van der Waals surface area contributed by atoms with E-state index >= 15 is 0 Å². The second kappa shape index (κ2) is 57.6. The zero-order valence-electron chi connectivity index (χ0n) is 52.5. The third-order valence-corrected chi connectivity index (χ3v) is 16.6. The lowest BCUT2D eigenvalue weighted by molar-refractivity contribution is -0.305. The van der Waals surface area contributed by atoms with E-state index in [0.29, 0.717) is 12.8 Å². The van der Waals surface area contributed by atoms with Crippen LogP contribution in [0, 0.1) is 0 Å². The molecule has 1 aliphatic rings. The zero-order valence-corrected chi connectivity index (χ0v) is 52.5. The standard InChI is InChI=1S/C69H131NO10/c1-4-7-10-13-16-19-22-25-27-28-29-30-31-32-33-34-35-36-37-39-42-45-48-51-54-57-64(74)80-67-66(76)65(75)63(58-71)79-69(67)78-59-60(61(72)55-52-49-46-43-40-24-21-18-15-12-9-6-3)70-68(77)62(73)56-53-50-47-44-41-38-26-23-20-17-14-11-8-5-2/h20,23,52,55,60-63,65-67,69,71-73,75-76H,4-19,21-22,24-51,53-54,56-59H2,1-3H3,(H,70,77)/b23-20-,55-52+. The highest BCUT2D eigenvalue weighted by Crippen LogP contribution is 2.26. The molecule has 0 saturated carbocycles. The van der Waals surface area contributed by atoms with Crippen LogP contribution in [0.3, 0.4) is 0 Å². The van der Waals surface area contributed by atoms with Crippen molar-refractivity contribution in [3.05, 3.63) is 24.3 Å². The van der Waals surface area contributed by atoms with E-state index in [4.69, 9.17) is 14.2 Å². The molecule has 11 nitrogen and oxygen atoms in total. The fraction of sp³-hybridized carbons (Fsp3) is 0.913. The summed E-state index contributed by atoms with van der Waals surface area (Å²) in [6.45, 7) is 5.82. The molecule has 1 amide bonds. The van der Waals surface area contributed by atoms with Gasteiger partial charge in [0.25, 0.3) is 0 Å². The molecular weight excluding hydrogens is 1000 g/mol. The minimum atomic E-state index is -1.61. The van der Waals surface area contributed by atoms with E-state index in [9.17, 15) is 35.1 Å². The molecule has 1 saturated heterocycles. The van der Waals surface area contributed by atoms with Crippen molar-refractivity contribution < 1.29 is 49.3 Å². The predicted molar refractivity (Wildman–Crippen MR) is 334 cm³/mol. The number of ether oxygens (including phenoxy) is 3. The number of amides is 1. The van der Waals surface area contributed by atoms with Gasteiger partial charge in [0.15, 0.2) is 12.4 Å². The highest BCUT2D eigenvalue weighted by atomic mass is 16.7. The first-order chi connectivity index (χ1) is 39.2. The number of carbonyl (C=O) groups excluding carboxylic acids is 2. The molecule has 8 atom stereocenters. The van der Waals surface area contributed by atoms with E-state index in [1.54, 1.807) is 6.08 Å². The summed E-state index contributed by atoms with van der Waals surface area (Å²) in [7, 11) is 0. The van der Waals surface area contributed by atoms with Gasteiger partial charge in [-0.05, 0) is 51.4 Å². The predicted octanol–water partition coefficient (Wildman–Crippen LogP) is 17.2. The first-order valence-corrected chi connectivity index (χ1v) is 34.6. The van der Waals surface area contributed by atoms with Crippen LogP contribution < -0.4 is 5.32 Å². The molecule has 0 aliphatic carbocycles. The lowest BCUT2D eigenvalue weighted by Gasteiger charge is -2.41. The number of carbonyl (C=O) groups is 2. The van der Waals surface area contributed by atoms with Crippen molar-refractivity contribution in [1.82, 2.24) is 5.32 Å². The van der Waals surface area contributed by atoms with E-state index in [1.807, 2.05) is 6.08 Å². The summed E-state index contributed by atoms with van der Waals surface area (Å²) in [5.41, 5.74) is 0. The minimum absolute atomic E-state index is 0.130. The van der Waals surface area contributed by atoms with Crippen molar-refractivity contribution in [2.24, 2.45) is 0 Å². The third kappa shape index (κ3) is 44.6. The number of aliphatic hydroxyl groups is 5. The Kier molecular flexibility index (Phi) is 54.8. The van der Waals surface area contributed by atoms with Crippen LogP contribution in [0.5, 0.6) is 0 Å². The molecule has 0 aromatic heterocycles. The van der Waals surface area contributed by atoms with E-state index in [-0.39, 0.29) is 19.4 Å². The topological polar surface area (TPSA) is 175 Å². The van der Waals surface area contributed by atoms with E-state index in [1.165, 1.54) is 225 Å². The van der Waals surface area contributed by atoms with Crippen molar-refractivity contribution in [3.63, 3.8) is 0 Å². The van der Waals surface area contributed by atoms with Gasteiger partial charge in [-0.3, -0.25) is 9.59 Å². The number of hydrogen-bond donors (Lipinski definition) is 6. The van der Waals surface area contributed by atoms with E-state index < -0.39 is 67.4 Å². The van der Waals surface area contributed by atoms with Gasteiger partial charge in [0, 0.05) is 6.42 Å². The lowest BCUT2D eigenvalue weighted by atomic mass is 9.99. The highest BCUT2D eigenvalue weighted by Gasteiger charge is 2.47. The minimum Gasteiger partial charge on any atom is -0.454 e. The Hall–Kier alpha value is -1.86. The zero-order chi connectivity index (χ0) is 58.2. The van der Waals surface area contributed by atoms with Crippen LogP contribution in [0.25, 0.3) is 0 Å². The Morgan fingerprint density at radius 3 is 1.23 bits per heavy atom. The Labute approximate surface area is 492 Å². The van der Waals surface area contributed by atoms with E-state index in [2.05, 4.69) is 38.2 Å². The monoisotopic (exact) mass is 1130 g/mol. The first kappa shape index (κ1) is 76.2. The molecule has 0 aromatic rings. The summed E-state index contributed by atoms with van der Waals surface area (Å²) >= 11 is 0. The number of aliphatic hydroxyl groups excluding tert-OH is 5. The molecule has 1 heterocycles. The van der Waals surface area contributed by atoms with Gasteiger partial charge in [0.05, 0.1) is 25.4 Å². The molecule has 0 spiro atoms. The molecule has 1 fully saturated rings. The van der Waals surface area contributed by atoms with Crippen LogP contribution in [-0.2, 0) is 23.8 Å². The quantitative estimate of drug-likeness (QED) is 0.0195. The van der Waals surface area contributed by atoms with Crippen LogP contribution in [0.4, 0.5) is 0 Å². The highest BCUT2D eigenvalue weighted by molar-refractivity contribution is 5.80. The summed E-state index contributed by atoms with van der Waals surface area (Å²) in [5.74, 6) is -1.18. The number of unbranched alkanes of at least 4 members (excludes halogenated alkanes) is 44. The second-order valence-electron chi connectivity index (χ2n) is 24.3. The van der Waals surface area contributed by atoms with Crippen molar-refractivity contribution in [2.75, 3.05) is 13.2 Å². The molecule has 1 rings (SSSR count). The maximum Gasteiger partial charge on any atom is 0.306 e. The van der Waals surface area contributed by atoms with E-state index in [0.717, 1.165) is 70.6 Å². The van der Waals surface area contributed by atoms with Gasteiger partial charge < -0.3 is 45.1 Å².